The van der Waals surface area contributed by atoms with Crippen LogP contribution in [-0.4, -0.2) is 10.2 Å². The number of unbranched alkanes of at least 4 members (excludes halogenated alkanes) is 6. The maximum Gasteiger partial charge on any atom is 0.229 e. The minimum atomic E-state index is -0.331. The molecule has 0 unspecified atom stereocenters. The van der Waals surface area contributed by atoms with Crippen LogP contribution in [0.25, 0.3) is 0 Å². The maximum atomic E-state index is 12.0. The van der Waals surface area contributed by atoms with Crippen LogP contribution in [0.5, 0.6) is 11.5 Å². The smallest absolute Gasteiger partial charge is 0.229 e. The Morgan fingerprint density at radius 3 is 1.30 bits per heavy atom. The van der Waals surface area contributed by atoms with Crippen LogP contribution in [0.1, 0.15) is 96.6 Å². The molecule has 0 amide bonds. The van der Waals surface area contributed by atoms with Crippen LogP contribution in [0.3, 0.4) is 0 Å². The first-order chi connectivity index (χ1) is 15.5. The highest BCUT2D eigenvalue weighted by Gasteiger charge is 2.22. The van der Waals surface area contributed by atoms with E-state index in [1.807, 2.05) is 0 Å². The molecule has 2 aromatic rings. The fourth-order valence-corrected chi connectivity index (χ4v) is 4.45. The summed E-state index contributed by atoms with van der Waals surface area (Å²) in [6.45, 7) is 8.61. The van der Waals surface area contributed by atoms with Crippen LogP contribution in [0, 0.1) is 10.8 Å². The Labute approximate surface area is 196 Å². The fourth-order valence-electron chi connectivity index (χ4n) is 4.45. The third-order valence-corrected chi connectivity index (χ3v) is 6.37. The quantitative estimate of drug-likeness (QED) is 0.318. The van der Waals surface area contributed by atoms with Gasteiger partial charge in [0.25, 0.3) is 0 Å². The van der Waals surface area contributed by atoms with E-state index in [0.29, 0.717) is 24.0 Å². The van der Waals surface area contributed by atoms with E-state index in [1.54, 1.807) is 0 Å². The molecule has 6 heteroatoms. The van der Waals surface area contributed by atoms with Crippen molar-refractivity contribution < 1.29 is 19.0 Å². The predicted octanol–water partition coefficient (Wildman–Crippen LogP) is 6.35. The van der Waals surface area contributed by atoms with Crippen molar-refractivity contribution in [3.8, 4) is 11.5 Å². The van der Waals surface area contributed by atoms with Crippen molar-refractivity contribution in [2.75, 3.05) is 0 Å². The summed E-state index contributed by atoms with van der Waals surface area (Å²) in [5, 5.41) is 19.1. The number of hydrogen-bond acceptors (Lipinski definition) is 6. The summed E-state index contributed by atoms with van der Waals surface area (Å²) >= 11 is 0. The van der Waals surface area contributed by atoms with E-state index >= 15 is 0 Å². The molecule has 0 radical (unpaired) electrons. The van der Waals surface area contributed by atoms with Crippen LogP contribution >= 0.6 is 0 Å². The van der Waals surface area contributed by atoms with E-state index in [0.717, 1.165) is 38.2 Å². The van der Waals surface area contributed by atoms with Crippen LogP contribution in [-0.2, 0) is 12.8 Å². The molecule has 0 aliphatic carbocycles. The monoisotopic (exact) mass is 460 g/mol. The van der Waals surface area contributed by atoms with E-state index in [2.05, 4.69) is 27.7 Å². The number of hydrogen-bond donors (Lipinski definition) is 2. The molecule has 2 heterocycles. The summed E-state index contributed by atoms with van der Waals surface area (Å²) in [7, 11) is 0. The first-order valence-electron chi connectivity index (χ1n) is 12.1. The minimum absolute atomic E-state index is 0.0131. The van der Waals surface area contributed by atoms with E-state index in [4.69, 9.17) is 8.83 Å². The van der Waals surface area contributed by atoms with E-state index in [9.17, 15) is 19.8 Å². The largest absolute Gasteiger partial charge is 0.502 e. The number of aromatic hydroxyl groups is 2. The highest BCUT2D eigenvalue weighted by atomic mass is 16.3. The van der Waals surface area contributed by atoms with Crippen LogP contribution < -0.4 is 10.9 Å². The molecule has 6 nitrogen and oxygen atoms in total. The van der Waals surface area contributed by atoms with Crippen molar-refractivity contribution in [2.45, 2.75) is 98.3 Å². The lowest BCUT2D eigenvalue weighted by molar-refractivity contribution is 0.307. The summed E-state index contributed by atoms with van der Waals surface area (Å²) in [4.78, 5) is 24.0. The van der Waals surface area contributed by atoms with Crippen LogP contribution in [0.4, 0.5) is 0 Å². The van der Waals surface area contributed by atoms with E-state index < -0.39 is 0 Å². The molecule has 2 N–H and O–H groups in total. The summed E-state index contributed by atoms with van der Waals surface area (Å²) in [5.41, 5.74) is 0.383. The van der Waals surface area contributed by atoms with Gasteiger partial charge in [-0.1, -0.05) is 72.6 Å². The Bertz CT molecular complexity index is 903. The summed E-state index contributed by atoms with van der Waals surface area (Å²) in [5.74, 6) is -0.645. The van der Waals surface area contributed by atoms with Gasteiger partial charge in [-0.2, -0.15) is 0 Å². The standard InChI is InChI=1S/C27H40O6/c1-26(2,14-20-16-32-18-22(28)24(20)30)12-10-8-6-5-7-9-11-13-27(3,4)15-21-17-33-19-23(29)25(21)31/h16-19,28-29H,5-15H2,1-4H3. The Morgan fingerprint density at radius 1 is 0.606 bits per heavy atom. The third-order valence-electron chi connectivity index (χ3n) is 6.37. The Morgan fingerprint density at radius 2 is 0.939 bits per heavy atom. The molecule has 0 aliphatic rings. The van der Waals surface area contributed by atoms with Gasteiger partial charge in [0.05, 0.1) is 12.5 Å². The third kappa shape index (κ3) is 9.10. The lowest BCUT2D eigenvalue weighted by atomic mass is 9.81. The van der Waals surface area contributed by atoms with Crippen LogP contribution in [0.2, 0.25) is 0 Å². The molecule has 184 valence electrons. The predicted molar refractivity (Wildman–Crippen MR) is 130 cm³/mol. The van der Waals surface area contributed by atoms with E-state index in [1.165, 1.54) is 44.6 Å². The zero-order chi connectivity index (χ0) is 24.5. The molecular formula is C27H40O6. The summed E-state index contributed by atoms with van der Waals surface area (Å²) in [6.07, 6.45) is 16.5. The average molecular weight is 461 g/mol. The van der Waals surface area contributed by atoms with Crippen molar-refractivity contribution >= 4 is 0 Å². The van der Waals surface area contributed by atoms with Crippen molar-refractivity contribution in [2.24, 2.45) is 10.8 Å². The van der Waals surface area contributed by atoms with Gasteiger partial charge in [-0.15, -0.1) is 0 Å². The second-order valence-corrected chi connectivity index (χ2v) is 10.9. The lowest BCUT2D eigenvalue weighted by Crippen LogP contribution is -2.20. The topological polar surface area (TPSA) is 101 Å². The fraction of sp³-hybridized carbons (Fsp3) is 0.630. The minimum Gasteiger partial charge on any atom is -0.502 e. The highest BCUT2D eigenvalue weighted by Crippen LogP contribution is 2.30. The summed E-state index contributed by atoms with van der Waals surface area (Å²) < 4.78 is 10.1. The van der Waals surface area contributed by atoms with Crippen molar-refractivity contribution in [3.63, 3.8) is 0 Å². The van der Waals surface area contributed by atoms with Gasteiger partial charge in [-0.05, 0) is 36.5 Å². The molecule has 2 rings (SSSR count). The zero-order valence-corrected chi connectivity index (χ0v) is 20.6. The molecule has 2 aromatic heterocycles. The van der Waals surface area contributed by atoms with Crippen LogP contribution in [0.15, 0.2) is 43.5 Å². The van der Waals surface area contributed by atoms with Gasteiger partial charge in [-0.25, -0.2) is 0 Å². The summed E-state index contributed by atoms with van der Waals surface area (Å²) in [6, 6.07) is 0. The van der Waals surface area contributed by atoms with Gasteiger partial charge >= 0.3 is 0 Å². The maximum absolute atomic E-state index is 12.0. The lowest BCUT2D eigenvalue weighted by Gasteiger charge is -2.24. The molecule has 0 spiro atoms. The molecule has 0 atom stereocenters. The first-order valence-corrected chi connectivity index (χ1v) is 12.1. The molecule has 0 bridgehead atoms. The molecule has 0 saturated heterocycles. The highest BCUT2D eigenvalue weighted by molar-refractivity contribution is 5.22. The van der Waals surface area contributed by atoms with Gasteiger partial charge < -0.3 is 19.0 Å². The Balaban J connectivity index is 1.58. The van der Waals surface area contributed by atoms with Crippen molar-refractivity contribution in [3.05, 3.63) is 56.6 Å². The molecule has 0 saturated carbocycles. The second-order valence-electron chi connectivity index (χ2n) is 10.9. The van der Waals surface area contributed by atoms with Gasteiger partial charge in [0.15, 0.2) is 11.5 Å². The van der Waals surface area contributed by atoms with Crippen molar-refractivity contribution in [1.29, 1.82) is 0 Å². The van der Waals surface area contributed by atoms with Gasteiger partial charge in [-0.3, -0.25) is 9.59 Å². The zero-order valence-electron chi connectivity index (χ0n) is 20.6. The van der Waals surface area contributed by atoms with Gasteiger partial charge in [0, 0.05) is 11.1 Å². The number of rotatable bonds is 14. The molecule has 0 aromatic carbocycles. The molecule has 33 heavy (non-hydrogen) atoms. The Kier molecular flexibility index (Phi) is 9.81. The van der Waals surface area contributed by atoms with Gasteiger partial charge in [0.2, 0.25) is 10.9 Å². The second kappa shape index (κ2) is 12.1. The SMILES string of the molecule is CC(C)(CCCCCCCCCC(C)(C)Cc1cocc(O)c1=O)Cc1cocc(O)c1=O. The average Bonchev–Trinajstić information content (AvgIpc) is 2.73. The normalized spacial score (nSPS) is 12.2. The van der Waals surface area contributed by atoms with E-state index in [-0.39, 0.29) is 33.2 Å². The van der Waals surface area contributed by atoms with Crippen molar-refractivity contribution in [1.82, 2.24) is 0 Å². The molecular weight excluding hydrogens is 420 g/mol. The van der Waals surface area contributed by atoms with Gasteiger partial charge in [0.1, 0.15) is 12.5 Å². The molecule has 0 aliphatic heterocycles. The molecule has 0 fully saturated rings. The Hall–Kier alpha value is -2.50. The first kappa shape index (κ1) is 26.7.